The van der Waals surface area contributed by atoms with Gasteiger partial charge in [0, 0.05) is 25.3 Å². The highest BCUT2D eigenvalue weighted by molar-refractivity contribution is 7.89. The highest BCUT2D eigenvalue weighted by Crippen LogP contribution is 2.23. The van der Waals surface area contributed by atoms with Crippen molar-refractivity contribution < 1.29 is 13.2 Å². The molecule has 0 atom stereocenters. The molecule has 6 nitrogen and oxygen atoms in total. The van der Waals surface area contributed by atoms with Crippen LogP contribution in [0.25, 0.3) is 0 Å². The Balaban J connectivity index is 2.01. The average molecular weight is 339 g/mol. The maximum atomic E-state index is 12.5. The number of nitrogens with zero attached hydrogens (tertiary/aromatic N) is 1. The molecule has 2 N–H and O–H groups in total. The second-order valence-corrected chi connectivity index (χ2v) is 8.14. The molecule has 1 aliphatic rings. The second-order valence-electron chi connectivity index (χ2n) is 6.20. The van der Waals surface area contributed by atoms with E-state index in [0.717, 1.165) is 19.3 Å². The highest BCUT2D eigenvalue weighted by Gasteiger charge is 2.27. The summed E-state index contributed by atoms with van der Waals surface area (Å²) in [6.45, 7) is 5.90. The molecule has 1 aromatic carbocycles. The molecule has 1 fully saturated rings. The van der Waals surface area contributed by atoms with Crippen molar-refractivity contribution in [3.8, 4) is 0 Å². The lowest BCUT2D eigenvalue weighted by Crippen LogP contribution is -2.30. The summed E-state index contributed by atoms with van der Waals surface area (Å²) in [7, 11) is -3.46. The predicted octanol–water partition coefficient (Wildman–Crippen LogP) is 2.64. The Hall–Kier alpha value is -1.60. The van der Waals surface area contributed by atoms with E-state index >= 15 is 0 Å². The number of carbonyl (C=O) groups excluding carboxylic acids is 1. The number of urea groups is 1. The molecular weight excluding hydrogens is 314 g/mol. The number of sulfonamides is 1. The molecule has 1 aliphatic heterocycles. The van der Waals surface area contributed by atoms with Crippen molar-refractivity contribution in [2.24, 2.45) is 5.92 Å². The summed E-state index contributed by atoms with van der Waals surface area (Å²) in [5, 5.41) is 5.45. The summed E-state index contributed by atoms with van der Waals surface area (Å²) in [5.74, 6) is 0.518. The van der Waals surface area contributed by atoms with E-state index in [1.54, 1.807) is 18.2 Å². The smallest absolute Gasteiger partial charge is 0.319 e. The van der Waals surface area contributed by atoms with Gasteiger partial charge in [-0.3, -0.25) is 0 Å². The molecule has 128 valence electrons. The first kappa shape index (κ1) is 17.7. The van der Waals surface area contributed by atoms with E-state index in [1.165, 1.54) is 10.4 Å². The Morgan fingerprint density at radius 1 is 1.26 bits per heavy atom. The van der Waals surface area contributed by atoms with Crippen LogP contribution in [0.5, 0.6) is 0 Å². The van der Waals surface area contributed by atoms with E-state index in [2.05, 4.69) is 24.5 Å². The van der Waals surface area contributed by atoms with Gasteiger partial charge < -0.3 is 10.6 Å². The summed E-state index contributed by atoms with van der Waals surface area (Å²) in [6, 6.07) is 6.09. The van der Waals surface area contributed by atoms with Gasteiger partial charge in [-0.25, -0.2) is 13.2 Å². The van der Waals surface area contributed by atoms with Gasteiger partial charge in [0.15, 0.2) is 0 Å². The third-order valence-corrected chi connectivity index (χ3v) is 5.70. The van der Waals surface area contributed by atoms with Crippen molar-refractivity contribution in [1.82, 2.24) is 9.62 Å². The third-order valence-electron chi connectivity index (χ3n) is 3.80. The summed E-state index contributed by atoms with van der Waals surface area (Å²) >= 11 is 0. The largest absolute Gasteiger partial charge is 0.338 e. The van der Waals surface area contributed by atoms with Crippen LogP contribution in [0.15, 0.2) is 29.2 Å². The molecule has 2 amide bonds. The molecule has 0 aliphatic carbocycles. The molecule has 23 heavy (non-hydrogen) atoms. The maximum Gasteiger partial charge on any atom is 0.319 e. The van der Waals surface area contributed by atoms with Gasteiger partial charge in [0.05, 0.1) is 4.90 Å². The Bertz CT molecular complexity index is 638. The van der Waals surface area contributed by atoms with Gasteiger partial charge in [0.2, 0.25) is 10.0 Å². The minimum Gasteiger partial charge on any atom is -0.338 e. The molecular formula is C16H25N3O3S. The number of hydrogen-bond donors (Lipinski definition) is 2. The first-order valence-corrected chi connectivity index (χ1v) is 9.48. The van der Waals surface area contributed by atoms with Gasteiger partial charge in [0.1, 0.15) is 0 Å². The van der Waals surface area contributed by atoms with Crippen molar-refractivity contribution in [2.45, 2.75) is 38.0 Å². The predicted molar refractivity (Wildman–Crippen MR) is 90.9 cm³/mol. The zero-order valence-corrected chi connectivity index (χ0v) is 14.5. The zero-order chi connectivity index (χ0) is 16.9. The SMILES string of the molecule is CC(C)CCNC(=O)Nc1cccc(S(=O)(=O)N2CCCC2)c1. The quantitative estimate of drug-likeness (QED) is 0.836. The highest BCUT2D eigenvalue weighted by atomic mass is 32.2. The van der Waals surface area contributed by atoms with Crippen LogP contribution in [0.2, 0.25) is 0 Å². The van der Waals surface area contributed by atoms with Gasteiger partial charge in [0.25, 0.3) is 0 Å². The standard InChI is InChI=1S/C16H25N3O3S/c1-13(2)8-9-17-16(20)18-14-6-5-7-15(12-14)23(21,22)19-10-3-4-11-19/h5-7,12-13H,3-4,8-11H2,1-2H3,(H2,17,18,20). The van der Waals surface area contributed by atoms with Crippen LogP contribution in [0.3, 0.4) is 0 Å². The first-order valence-electron chi connectivity index (χ1n) is 8.04. The third kappa shape index (κ3) is 4.94. The van der Waals surface area contributed by atoms with Crippen LogP contribution in [0.4, 0.5) is 10.5 Å². The Morgan fingerprint density at radius 2 is 1.96 bits per heavy atom. The molecule has 1 aromatic rings. The lowest BCUT2D eigenvalue weighted by atomic mass is 10.1. The van der Waals surface area contributed by atoms with Crippen LogP contribution in [-0.2, 0) is 10.0 Å². The summed E-state index contributed by atoms with van der Waals surface area (Å²) in [4.78, 5) is 12.1. The Morgan fingerprint density at radius 3 is 2.61 bits per heavy atom. The van der Waals surface area contributed by atoms with Crippen molar-refractivity contribution in [3.63, 3.8) is 0 Å². The number of carbonyl (C=O) groups is 1. The van der Waals surface area contributed by atoms with Crippen LogP contribution in [0.1, 0.15) is 33.1 Å². The van der Waals surface area contributed by atoms with E-state index < -0.39 is 10.0 Å². The second kappa shape index (κ2) is 7.79. The molecule has 0 aromatic heterocycles. The normalized spacial score (nSPS) is 15.8. The summed E-state index contributed by atoms with van der Waals surface area (Å²) < 4.78 is 26.5. The number of anilines is 1. The van der Waals surface area contributed by atoms with Crippen molar-refractivity contribution in [2.75, 3.05) is 25.0 Å². The van der Waals surface area contributed by atoms with Crippen molar-refractivity contribution in [1.29, 1.82) is 0 Å². The van der Waals surface area contributed by atoms with Crippen LogP contribution in [-0.4, -0.2) is 38.4 Å². The number of rotatable bonds is 6. The molecule has 2 rings (SSSR count). The fourth-order valence-corrected chi connectivity index (χ4v) is 4.03. The van der Waals surface area contributed by atoms with Crippen LogP contribution >= 0.6 is 0 Å². The molecule has 0 unspecified atom stereocenters. The van der Waals surface area contributed by atoms with E-state index in [4.69, 9.17) is 0 Å². The lowest BCUT2D eigenvalue weighted by Gasteiger charge is -2.16. The van der Waals surface area contributed by atoms with Crippen molar-refractivity contribution in [3.05, 3.63) is 24.3 Å². The molecule has 0 spiro atoms. The number of amides is 2. The minimum absolute atomic E-state index is 0.222. The fraction of sp³-hybridized carbons (Fsp3) is 0.562. The van der Waals surface area contributed by atoms with E-state index in [-0.39, 0.29) is 10.9 Å². The minimum atomic E-state index is -3.46. The zero-order valence-electron chi connectivity index (χ0n) is 13.7. The van der Waals surface area contributed by atoms with Crippen LogP contribution in [0, 0.1) is 5.92 Å². The summed E-state index contributed by atoms with van der Waals surface area (Å²) in [6.07, 6.45) is 2.70. The summed E-state index contributed by atoms with van der Waals surface area (Å²) in [5.41, 5.74) is 0.479. The van der Waals surface area contributed by atoms with Gasteiger partial charge in [-0.15, -0.1) is 0 Å². The molecule has 1 saturated heterocycles. The molecule has 0 radical (unpaired) electrons. The number of benzene rings is 1. The molecule has 0 saturated carbocycles. The van der Waals surface area contributed by atoms with Crippen molar-refractivity contribution >= 4 is 21.7 Å². The molecule has 0 bridgehead atoms. The van der Waals surface area contributed by atoms with Crippen LogP contribution < -0.4 is 10.6 Å². The lowest BCUT2D eigenvalue weighted by molar-refractivity contribution is 0.251. The number of nitrogens with one attached hydrogen (secondary N) is 2. The van der Waals surface area contributed by atoms with E-state index in [9.17, 15) is 13.2 Å². The van der Waals surface area contributed by atoms with Gasteiger partial charge >= 0.3 is 6.03 Å². The monoisotopic (exact) mass is 339 g/mol. The molecule has 7 heteroatoms. The fourth-order valence-electron chi connectivity index (χ4n) is 2.46. The van der Waals surface area contributed by atoms with E-state index in [0.29, 0.717) is 31.2 Å². The van der Waals surface area contributed by atoms with Gasteiger partial charge in [-0.1, -0.05) is 19.9 Å². The first-order chi connectivity index (χ1) is 10.9. The number of hydrogen-bond acceptors (Lipinski definition) is 3. The maximum absolute atomic E-state index is 12.5. The topological polar surface area (TPSA) is 78.5 Å². The molecule has 1 heterocycles. The Kier molecular flexibility index (Phi) is 6.01. The van der Waals surface area contributed by atoms with Gasteiger partial charge in [-0.2, -0.15) is 4.31 Å². The Labute approximate surface area is 138 Å². The van der Waals surface area contributed by atoms with Gasteiger partial charge in [-0.05, 0) is 43.4 Å². The van der Waals surface area contributed by atoms with E-state index in [1.807, 2.05) is 0 Å². The average Bonchev–Trinajstić information content (AvgIpc) is 3.02.